The minimum absolute atomic E-state index is 0.125. The smallest absolute Gasteiger partial charge is 0.127 e. The molecule has 1 aromatic rings. The predicted molar refractivity (Wildman–Crippen MR) is 59.4 cm³/mol. The van der Waals surface area contributed by atoms with Gasteiger partial charge in [0, 0.05) is 11.4 Å². The first-order chi connectivity index (χ1) is 6.65. The summed E-state index contributed by atoms with van der Waals surface area (Å²) in [5.74, 6) is 0.356. The van der Waals surface area contributed by atoms with E-state index in [0.29, 0.717) is 11.1 Å². The third-order valence-corrected chi connectivity index (χ3v) is 2.65. The summed E-state index contributed by atoms with van der Waals surface area (Å²) in [6.07, 6.45) is 1.04. The van der Waals surface area contributed by atoms with Gasteiger partial charge in [0.1, 0.15) is 11.6 Å². The van der Waals surface area contributed by atoms with Gasteiger partial charge in [0.05, 0.1) is 6.10 Å². The lowest BCUT2D eigenvalue weighted by Gasteiger charge is -2.13. The van der Waals surface area contributed by atoms with Gasteiger partial charge in [-0.2, -0.15) is 0 Å². The SMILES string of the molecule is CCC(C)Oc1cc(F)cc(CBr)c1. The first kappa shape index (κ1) is 11.5. The Morgan fingerprint density at radius 3 is 2.71 bits per heavy atom. The Balaban J connectivity index is 2.81. The van der Waals surface area contributed by atoms with E-state index in [-0.39, 0.29) is 11.9 Å². The lowest BCUT2D eigenvalue weighted by atomic mass is 10.2. The number of halogens is 2. The summed E-state index contributed by atoms with van der Waals surface area (Å²) in [5, 5.41) is 0.641. The summed E-state index contributed by atoms with van der Waals surface area (Å²) < 4.78 is 18.6. The van der Waals surface area contributed by atoms with Crippen LogP contribution in [0, 0.1) is 5.82 Å². The molecule has 0 aliphatic carbocycles. The van der Waals surface area contributed by atoms with E-state index in [4.69, 9.17) is 4.74 Å². The fourth-order valence-corrected chi connectivity index (χ4v) is 1.41. The second-order valence-electron chi connectivity index (χ2n) is 3.27. The van der Waals surface area contributed by atoms with E-state index in [0.717, 1.165) is 12.0 Å². The lowest BCUT2D eigenvalue weighted by molar-refractivity contribution is 0.216. The fraction of sp³-hybridized carbons (Fsp3) is 0.455. The molecular formula is C11H14BrFO. The molecule has 0 bridgehead atoms. The maximum atomic E-state index is 13.1. The molecule has 1 unspecified atom stereocenters. The second-order valence-corrected chi connectivity index (χ2v) is 3.83. The van der Waals surface area contributed by atoms with Gasteiger partial charge in [-0.15, -0.1) is 0 Å². The topological polar surface area (TPSA) is 9.23 Å². The summed E-state index contributed by atoms with van der Waals surface area (Å²) in [5.41, 5.74) is 0.892. The van der Waals surface area contributed by atoms with E-state index < -0.39 is 0 Å². The molecule has 1 rings (SSSR count). The number of rotatable bonds is 4. The van der Waals surface area contributed by atoms with Gasteiger partial charge in [-0.05, 0) is 31.0 Å². The van der Waals surface area contributed by atoms with Crippen LogP contribution in [0.25, 0.3) is 0 Å². The molecule has 1 aromatic carbocycles. The molecule has 0 aliphatic heterocycles. The van der Waals surface area contributed by atoms with Gasteiger partial charge in [-0.25, -0.2) is 4.39 Å². The zero-order valence-electron chi connectivity index (χ0n) is 8.39. The van der Waals surface area contributed by atoms with Crippen LogP contribution in [0.5, 0.6) is 5.75 Å². The molecule has 0 aliphatic rings. The van der Waals surface area contributed by atoms with Crippen molar-refractivity contribution in [2.75, 3.05) is 0 Å². The van der Waals surface area contributed by atoms with E-state index in [1.54, 1.807) is 0 Å². The van der Waals surface area contributed by atoms with Crippen LogP contribution in [-0.4, -0.2) is 6.10 Å². The van der Waals surface area contributed by atoms with Gasteiger partial charge in [0.25, 0.3) is 0 Å². The number of hydrogen-bond acceptors (Lipinski definition) is 1. The summed E-state index contributed by atoms with van der Waals surface area (Å²) >= 11 is 3.29. The standard InChI is InChI=1S/C11H14BrFO/c1-3-8(2)14-11-5-9(7-12)4-10(13)6-11/h4-6,8H,3,7H2,1-2H3. The molecule has 14 heavy (non-hydrogen) atoms. The molecule has 0 N–H and O–H groups in total. The van der Waals surface area contributed by atoms with Crippen molar-refractivity contribution in [3.05, 3.63) is 29.6 Å². The Morgan fingerprint density at radius 1 is 1.43 bits per heavy atom. The number of alkyl halides is 1. The Labute approximate surface area is 92.4 Å². The van der Waals surface area contributed by atoms with Crippen LogP contribution in [0.2, 0.25) is 0 Å². The Morgan fingerprint density at radius 2 is 2.14 bits per heavy atom. The molecule has 0 amide bonds. The number of ether oxygens (including phenoxy) is 1. The molecule has 3 heteroatoms. The van der Waals surface area contributed by atoms with Gasteiger partial charge in [0.2, 0.25) is 0 Å². The van der Waals surface area contributed by atoms with E-state index in [9.17, 15) is 4.39 Å². The van der Waals surface area contributed by atoms with Crippen molar-refractivity contribution in [3.63, 3.8) is 0 Å². The lowest BCUT2D eigenvalue weighted by Crippen LogP contribution is -2.09. The van der Waals surface area contributed by atoms with Crippen LogP contribution >= 0.6 is 15.9 Å². The number of benzene rings is 1. The highest BCUT2D eigenvalue weighted by atomic mass is 79.9. The predicted octanol–water partition coefficient (Wildman–Crippen LogP) is 3.90. The molecule has 0 aromatic heterocycles. The molecule has 1 atom stereocenters. The zero-order chi connectivity index (χ0) is 10.6. The van der Waals surface area contributed by atoms with Crippen LogP contribution in [0.1, 0.15) is 25.8 Å². The minimum Gasteiger partial charge on any atom is -0.491 e. The van der Waals surface area contributed by atoms with Crippen LogP contribution in [0.15, 0.2) is 18.2 Å². The minimum atomic E-state index is -0.250. The highest BCUT2D eigenvalue weighted by Crippen LogP contribution is 2.19. The first-order valence-electron chi connectivity index (χ1n) is 4.67. The van der Waals surface area contributed by atoms with Gasteiger partial charge in [-0.3, -0.25) is 0 Å². The van der Waals surface area contributed by atoms with Crippen molar-refractivity contribution in [2.45, 2.75) is 31.7 Å². The summed E-state index contributed by atoms with van der Waals surface area (Å²) in [4.78, 5) is 0. The molecule has 0 fully saturated rings. The van der Waals surface area contributed by atoms with Crippen LogP contribution in [0.3, 0.4) is 0 Å². The van der Waals surface area contributed by atoms with Crippen molar-refractivity contribution in [1.29, 1.82) is 0 Å². The average molecular weight is 261 g/mol. The molecule has 0 heterocycles. The van der Waals surface area contributed by atoms with Crippen LogP contribution in [0.4, 0.5) is 4.39 Å². The van der Waals surface area contributed by atoms with Crippen LogP contribution < -0.4 is 4.74 Å². The van der Waals surface area contributed by atoms with E-state index in [1.807, 2.05) is 19.9 Å². The van der Waals surface area contributed by atoms with Crippen molar-refractivity contribution < 1.29 is 9.13 Å². The van der Waals surface area contributed by atoms with Crippen molar-refractivity contribution >= 4 is 15.9 Å². The second kappa shape index (κ2) is 5.35. The normalized spacial score (nSPS) is 12.6. The fourth-order valence-electron chi connectivity index (χ4n) is 1.08. The van der Waals surface area contributed by atoms with E-state index >= 15 is 0 Å². The highest BCUT2D eigenvalue weighted by Gasteiger charge is 2.04. The maximum absolute atomic E-state index is 13.1. The van der Waals surface area contributed by atoms with Crippen molar-refractivity contribution in [2.24, 2.45) is 0 Å². The monoisotopic (exact) mass is 260 g/mol. The van der Waals surface area contributed by atoms with E-state index in [2.05, 4.69) is 15.9 Å². The third kappa shape index (κ3) is 3.29. The molecule has 0 spiro atoms. The molecular weight excluding hydrogens is 247 g/mol. The van der Waals surface area contributed by atoms with Gasteiger partial charge in [-0.1, -0.05) is 22.9 Å². The Kier molecular flexibility index (Phi) is 4.39. The Bertz CT molecular complexity index is 301. The molecule has 78 valence electrons. The average Bonchev–Trinajstić information content (AvgIpc) is 2.16. The number of hydrogen-bond donors (Lipinski definition) is 0. The zero-order valence-corrected chi connectivity index (χ0v) is 9.97. The summed E-state index contributed by atoms with van der Waals surface area (Å²) in [7, 11) is 0. The Hall–Kier alpha value is -0.570. The van der Waals surface area contributed by atoms with E-state index in [1.165, 1.54) is 12.1 Å². The van der Waals surface area contributed by atoms with Crippen molar-refractivity contribution in [3.8, 4) is 5.75 Å². The van der Waals surface area contributed by atoms with Gasteiger partial charge >= 0.3 is 0 Å². The molecule has 0 saturated heterocycles. The van der Waals surface area contributed by atoms with Gasteiger partial charge < -0.3 is 4.74 Å². The first-order valence-corrected chi connectivity index (χ1v) is 5.80. The molecule has 0 radical (unpaired) electrons. The third-order valence-electron chi connectivity index (χ3n) is 2.00. The highest BCUT2D eigenvalue weighted by molar-refractivity contribution is 9.08. The van der Waals surface area contributed by atoms with Crippen molar-refractivity contribution in [1.82, 2.24) is 0 Å². The van der Waals surface area contributed by atoms with Gasteiger partial charge in [0.15, 0.2) is 0 Å². The summed E-state index contributed by atoms with van der Waals surface area (Å²) in [6.45, 7) is 4.01. The van der Waals surface area contributed by atoms with Crippen LogP contribution in [-0.2, 0) is 5.33 Å². The maximum Gasteiger partial charge on any atom is 0.127 e. The largest absolute Gasteiger partial charge is 0.491 e. The molecule has 1 nitrogen and oxygen atoms in total. The summed E-state index contributed by atoms with van der Waals surface area (Å²) in [6, 6.07) is 4.76. The molecule has 0 saturated carbocycles. The quantitative estimate of drug-likeness (QED) is 0.747.